The molecule has 26 heavy (non-hydrogen) atoms. The van der Waals surface area contributed by atoms with Crippen molar-refractivity contribution in [3.05, 3.63) is 42.4 Å². The number of hydrogen-bond donors (Lipinski definition) is 0. The summed E-state index contributed by atoms with van der Waals surface area (Å²) in [6, 6.07) is 9.23. The second-order valence-electron chi connectivity index (χ2n) is 6.00. The minimum absolute atomic E-state index is 0.134. The first kappa shape index (κ1) is 16.1. The number of nitriles is 1. The lowest BCUT2D eigenvalue weighted by atomic mass is 10.2. The van der Waals surface area contributed by atoms with Gasteiger partial charge in [0.15, 0.2) is 11.5 Å². The Labute approximate surface area is 149 Å². The quantitative estimate of drug-likeness (QED) is 0.818. The monoisotopic (exact) mass is 352 g/mol. The third kappa shape index (κ3) is 3.11. The molecule has 1 aromatic carbocycles. The topological polar surface area (TPSA) is 97.6 Å². The zero-order valence-electron chi connectivity index (χ0n) is 13.9. The predicted molar refractivity (Wildman–Crippen MR) is 88.7 cm³/mol. The van der Waals surface area contributed by atoms with Crippen LogP contribution < -0.4 is 14.2 Å². The third-order valence-electron chi connectivity index (χ3n) is 4.29. The van der Waals surface area contributed by atoms with E-state index in [1.807, 2.05) is 24.3 Å². The number of benzene rings is 1. The highest BCUT2D eigenvalue weighted by Crippen LogP contribution is 2.31. The summed E-state index contributed by atoms with van der Waals surface area (Å²) in [5, 5.41) is 9.06. The van der Waals surface area contributed by atoms with Crippen molar-refractivity contribution in [3.8, 4) is 23.4 Å². The average molecular weight is 352 g/mol. The number of ether oxygens (including phenoxy) is 3. The minimum atomic E-state index is -0.671. The summed E-state index contributed by atoms with van der Waals surface area (Å²) >= 11 is 0. The summed E-state index contributed by atoms with van der Waals surface area (Å²) in [6.07, 6.45) is 2.65. The molecule has 2 aliphatic rings. The number of carbonyl (C=O) groups is 1. The van der Waals surface area contributed by atoms with Crippen LogP contribution in [-0.4, -0.2) is 52.7 Å². The van der Waals surface area contributed by atoms with Crippen LogP contribution in [0.5, 0.6) is 17.4 Å². The first-order valence-corrected chi connectivity index (χ1v) is 8.29. The molecule has 2 aliphatic heterocycles. The molecule has 1 saturated heterocycles. The molecule has 0 spiro atoms. The fourth-order valence-corrected chi connectivity index (χ4v) is 3.02. The van der Waals surface area contributed by atoms with Gasteiger partial charge in [-0.1, -0.05) is 12.1 Å². The van der Waals surface area contributed by atoms with E-state index in [2.05, 4.69) is 9.97 Å². The lowest BCUT2D eigenvalue weighted by Gasteiger charge is -2.28. The van der Waals surface area contributed by atoms with Gasteiger partial charge in [-0.2, -0.15) is 5.26 Å². The molecule has 1 amide bonds. The van der Waals surface area contributed by atoms with Crippen LogP contribution >= 0.6 is 0 Å². The largest absolute Gasteiger partial charge is 0.485 e. The van der Waals surface area contributed by atoms with E-state index in [9.17, 15) is 4.79 Å². The molecule has 8 heteroatoms. The van der Waals surface area contributed by atoms with Crippen molar-refractivity contribution in [1.82, 2.24) is 14.9 Å². The molecule has 0 N–H and O–H groups in total. The first-order chi connectivity index (χ1) is 12.7. The number of para-hydroxylation sites is 2. The van der Waals surface area contributed by atoms with Crippen molar-refractivity contribution in [3.63, 3.8) is 0 Å². The zero-order chi connectivity index (χ0) is 17.9. The number of aromatic nitrogens is 2. The molecule has 8 nitrogen and oxygen atoms in total. The lowest BCUT2D eigenvalue weighted by Crippen LogP contribution is -2.46. The maximum absolute atomic E-state index is 12.7. The molecule has 0 saturated carbocycles. The summed E-state index contributed by atoms with van der Waals surface area (Å²) in [4.78, 5) is 22.4. The zero-order valence-corrected chi connectivity index (χ0v) is 13.9. The minimum Gasteiger partial charge on any atom is -0.485 e. The summed E-state index contributed by atoms with van der Waals surface area (Å²) in [5.74, 6) is 1.28. The van der Waals surface area contributed by atoms with E-state index < -0.39 is 6.10 Å². The Kier molecular flexibility index (Phi) is 4.27. The van der Waals surface area contributed by atoms with E-state index in [1.165, 1.54) is 12.4 Å². The van der Waals surface area contributed by atoms with Gasteiger partial charge < -0.3 is 19.1 Å². The van der Waals surface area contributed by atoms with Crippen LogP contribution in [0.4, 0.5) is 0 Å². The van der Waals surface area contributed by atoms with Gasteiger partial charge in [0, 0.05) is 25.4 Å². The highest BCUT2D eigenvalue weighted by Gasteiger charge is 2.35. The van der Waals surface area contributed by atoms with E-state index in [4.69, 9.17) is 19.5 Å². The van der Waals surface area contributed by atoms with Crippen molar-refractivity contribution in [1.29, 1.82) is 5.26 Å². The molecular weight excluding hydrogens is 336 g/mol. The molecular formula is C18H16N4O4. The van der Waals surface area contributed by atoms with Crippen LogP contribution in [0.3, 0.4) is 0 Å². The molecule has 0 aliphatic carbocycles. The van der Waals surface area contributed by atoms with Crippen LogP contribution in [0.2, 0.25) is 0 Å². The van der Waals surface area contributed by atoms with Crippen LogP contribution in [0, 0.1) is 11.3 Å². The normalized spacial score (nSPS) is 21.1. The Bertz CT molecular complexity index is 866. The van der Waals surface area contributed by atoms with Crippen molar-refractivity contribution < 1.29 is 19.0 Å². The molecule has 1 aromatic heterocycles. The Morgan fingerprint density at radius 2 is 2.08 bits per heavy atom. The number of nitrogens with zero attached hydrogens (tertiary/aromatic N) is 4. The Morgan fingerprint density at radius 1 is 1.27 bits per heavy atom. The molecule has 3 heterocycles. The van der Waals surface area contributed by atoms with Crippen LogP contribution in [0.15, 0.2) is 36.7 Å². The number of fused-ring (bicyclic) bond motifs is 1. The van der Waals surface area contributed by atoms with Gasteiger partial charge >= 0.3 is 0 Å². The smallest absolute Gasteiger partial charge is 0.267 e. The Morgan fingerprint density at radius 3 is 2.92 bits per heavy atom. The molecule has 132 valence electrons. The molecule has 1 fully saturated rings. The maximum Gasteiger partial charge on any atom is 0.267 e. The maximum atomic E-state index is 12.7. The van der Waals surface area contributed by atoms with Gasteiger partial charge in [-0.05, 0) is 12.1 Å². The van der Waals surface area contributed by atoms with Gasteiger partial charge in [0.05, 0.1) is 6.54 Å². The van der Waals surface area contributed by atoms with E-state index in [0.29, 0.717) is 31.0 Å². The van der Waals surface area contributed by atoms with Crippen LogP contribution in [-0.2, 0) is 4.79 Å². The standard InChI is InChI=1S/C18H16N4O4/c19-9-13-17(21-7-6-20-13)25-12-5-8-22(10-12)18(23)16-11-24-14-3-1-2-4-15(14)26-16/h1-4,6-7,12,16H,5,8,10-11H2/t12-,16+/m1/s1. The number of carbonyl (C=O) groups excluding carboxylic acids is 1. The Balaban J connectivity index is 1.38. The molecule has 0 bridgehead atoms. The van der Waals surface area contributed by atoms with Gasteiger partial charge in [-0.15, -0.1) is 0 Å². The highest BCUT2D eigenvalue weighted by atomic mass is 16.6. The SMILES string of the molecule is N#Cc1nccnc1O[C@@H]1CCN(C(=O)[C@@H]2COc3ccccc3O2)C1. The van der Waals surface area contributed by atoms with Gasteiger partial charge in [0.25, 0.3) is 11.8 Å². The molecule has 2 aromatic rings. The van der Waals surface area contributed by atoms with Gasteiger partial charge in [-0.3, -0.25) is 4.79 Å². The van der Waals surface area contributed by atoms with Crippen molar-refractivity contribution in [2.45, 2.75) is 18.6 Å². The van der Waals surface area contributed by atoms with Gasteiger partial charge in [0.1, 0.15) is 18.8 Å². The lowest BCUT2D eigenvalue weighted by molar-refractivity contribution is -0.140. The highest BCUT2D eigenvalue weighted by molar-refractivity contribution is 5.82. The third-order valence-corrected chi connectivity index (χ3v) is 4.29. The van der Waals surface area contributed by atoms with Crippen LogP contribution in [0.25, 0.3) is 0 Å². The summed E-state index contributed by atoms with van der Waals surface area (Å²) in [5.41, 5.74) is 0.137. The van der Waals surface area contributed by atoms with Crippen LogP contribution in [0.1, 0.15) is 12.1 Å². The fraction of sp³-hybridized carbons (Fsp3) is 0.333. The van der Waals surface area contributed by atoms with E-state index in [0.717, 1.165) is 0 Å². The molecule has 0 unspecified atom stereocenters. The number of rotatable bonds is 3. The van der Waals surface area contributed by atoms with Crippen molar-refractivity contribution in [2.75, 3.05) is 19.7 Å². The predicted octanol–water partition coefficient (Wildman–Crippen LogP) is 1.17. The summed E-state index contributed by atoms with van der Waals surface area (Å²) < 4.78 is 17.1. The first-order valence-electron chi connectivity index (χ1n) is 8.29. The second-order valence-corrected chi connectivity index (χ2v) is 6.00. The van der Waals surface area contributed by atoms with E-state index in [1.54, 1.807) is 11.0 Å². The summed E-state index contributed by atoms with van der Waals surface area (Å²) in [7, 11) is 0. The molecule has 4 rings (SSSR count). The average Bonchev–Trinajstić information content (AvgIpc) is 3.16. The second kappa shape index (κ2) is 6.88. The van der Waals surface area contributed by atoms with Crippen molar-refractivity contribution >= 4 is 5.91 Å². The Hall–Kier alpha value is -3.34. The number of amides is 1. The molecule has 2 atom stereocenters. The van der Waals surface area contributed by atoms with Crippen molar-refractivity contribution in [2.24, 2.45) is 0 Å². The van der Waals surface area contributed by atoms with E-state index >= 15 is 0 Å². The number of likely N-dealkylation sites (tertiary alicyclic amines) is 1. The van der Waals surface area contributed by atoms with E-state index in [-0.39, 0.29) is 30.2 Å². The van der Waals surface area contributed by atoms with Gasteiger partial charge in [-0.25, -0.2) is 9.97 Å². The summed E-state index contributed by atoms with van der Waals surface area (Å²) in [6.45, 7) is 1.13. The fourth-order valence-electron chi connectivity index (χ4n) is 3.02. The molecule has 0 radical (unpaired) electrons. The van der Waals surface area contributed by atoms with Gasteiger partial charge in [0.2, 0.25) is 11.8 Å². The number of hydrogen-bond acceptors (Lipinski definition) is 7.